The van der Waals surface area contributed by atoms with Gasteiger partial charge >= 0.3 is 0 Å². The molecule has 3 N–H and O–H groups in total. The number of hydrogen-bond acceptors (Lipinski definition) is 5. The summed E-state index contributed by atoms with van der Waals surface area (Å²) in [4.78, 5) is 19.8. The Morgan fingerprint density at radius 2 is 2.20 bits per heavy atom. The molecule has 7 nitrogen and oxygen atoms in total. The average Bonchev–Trinajstić information content (AvgIpc) is 3.29. The number of nitrogens with zero attached hydrogens (tertiary/aromatic N) is 2. The lowest BCUT2D eigenvalue weighted by Crippen LogP contribution is -2.41. The number of imidazole rings is 1. The molecule has 1 amide bonds. The van der Waals surface area contributed by atoms with Crippen LogP contribution in [0.2, 0.25) is 0 Å². The Balaban J connectivity index is 1.41. The zero-order valence-electron chi connectivity index (χ0n) is 13.9. The molecule has 1 atom stereocenters. The first kappa shape index (κ1) is 15.6. The average molecular weight is 337 g/mol. The molecule has 1 aromatic carbocycles. The Kier molecular flexibility index (Phi) is 4.07. The summed E-state index contributed by atoms with van der Waals surface area (Å²) in [6.07, 6.45) is 2.48. The minimum atomic E-state index is -0.432. The molecule has 2 aromatic heterocycles. The van der Waals surface area contributed by atoms with E-state index in [1.807, 2.05) is 37.3 Å². The summed E-state index contributed by atoms with van der Waals surface area (Å²) in [6.45, 7) is 3.09. The van der Waals surface area contributed by atoms with Crippen molar-refractivity contribution < 1.29 is 9.32 Å². The molecule has 0 spiro atoms. The zero-order chi connectivity index (χ0) is 17.2. The number of aromatic nitrogens is 3. The van der Waals surface area contributed by atoms with Crippen LogP contribution in [0.3, 0.4) is 0 Å². The zero-order valence-corrected chi connectivity index (χ0v) is 13.9. The van der Waals surface area contributed by atoms with Gasteiger partial charge in [-0.2, -0.15) is 0 Å². The highest BCUT2D eigenvalue weighted by atomic mass is 16.5. The number of hydrogen-bond donors (Lipinski definition) is 3. The number of H-pyrrole nitrogens is 1. The van der Waals surface area contributed by atoms with Gasteiger partial charge in [-0.1, -0.05) is 35.0 Å². The van der Waals surface area contributed by atoms with Crippen molar-refractivity contribution in [3.63, 3.8) is 0 Å². The third-order valence-electron chi connectivity index (χ3n) is 4.35. The Bertz CT molecular complexity index is 881. The van der Waals surface area contributed by atoms with Gasteiger partial charge in [0.2, 0.25) is 5.91 Å². The SMILES string of the molecule is Cc1ccc(-c2cc(CNC(=O)[C@H]3NCCc4[nH]cnc43)no2)cc1. The molecule has 0 saturated heterocycles. The van der Waals surface area contributed by atoms with E-state index in [0.717, 1.165) is 29.9 Å². The van der Waals surface area contributed by atoms with Crippen LogP contribution >= 0.6 is 0 Å². The molecule has 0 bridgehead atoms. The van der Waals surface area contributed by atoms with Gasteiger partial charge in [0, 0.05) is 30.3 Å². The number of carbonyl (C=O) groups is 1. The molecule has 0 aliphatic carbocycles. The van der Waals surface area contributed by atoms with Crippen molar-refractivity contribution >= 4 is 5.91 Å². The van der Waals surface area contributed by atoms with E-state index in [9.17, 15) is 4.79 Å². The number of amides is 1. The number of rotatable bonds is 4. The maximum absolute atomic E-state index is 12.5. The second kappa shape index (κ2) is 6.52. The summed E-state index contributed by atoms with van der Waals surface area (Å²) < 4.78 is 5.38. The third kappa shape index (κ3) is 3.18. The van der Waals surface area contributed by atoms with Gasteiger partial charge in [0.15, 0.2) is 5.76 Å². The Morgan fingerprint density at radius 3 is 3.04 bits per heavy atom. The Labute approximate surface area is 144 Å². The van der Waals surface area contributed by atoms with Gasteiger partial charge in [-0.3, -0.25) is 4.79 Å². The predicted octanol–water partition coefficient (Wildman–Crippen LogP) is 1.88. The number of fused-ring (bicyclic) bond motifs is 1. The molecule has 0 unspecified atom stereocenters. The van der Waals surface area contributed by atoms with Crippen molar-refractivity contribution in [2.75, 3.05) is 6.54 Å². The molecule has 0 saturated carbocycles. The van der Waals surface area contributed by atoms with Crippen LogP contribution < -0.4 is 10.6 Å². The fourth-order valence-electron chi connectivity index (χ4n) is 2.96. The lowest BCUT2D eigenvalue weighted by molar-refractivity contribution is -0.123. The largest absolute Gasteiger partial charge is 0.356 e. The first-order valence-corrected chi connectivity index (χ1v) is 8.26. The summed E-state index contributed by atoms with van der Waals surface area (Å²) in [5, 5.41) is 10.1. The molecule has 128 valence electrons. The van der Waals surface area contributed by atoms with Crippen molar-refractivity contribution in [3.8, 4) is 11.3 Å². The maximum atomic E-state index is 12.5. The quantitative estimate of drug-likeness (QED) is 0.675. The Hall–Kier alpha value is -2.93. The highest BCUT2D eigenvalue weighted by Crippen LogP contribution is 2.21. The van der Waals surface area contributed by atoms with E-state index in [4.69, 9.17) is 4.52 Å². The van der Waals surface area contributed by atoms with Gasteiger partial charge in [-0.05, 0) is 6.92 Å². The van der Waals surface area contributed by atoms with Crippen LogP contribution in [0, 0.1) is 6.92 Å². The van der Waals surface area contributed by atoms with Gasteiger partial charge in [0.1, 0.15) is 11.7 Å². The van der Waals surface area contributed by atoms with E-state index >= 15 is 0 Å². The lowest BCUT2D eigenvalue weighted by Gasteiger charge is -2.21. The first-order valence-electron chi connectivity index (χ1n) is 8.26. The van der Waals surface area contributed by atoms with Gasteiger partial charge in [-0.25, -0.2) is 4.98 Å². The maximum Gasteiger partial charge on any atom is 0.243 e. The first-order chi connectivity index (χ1) is 12.2. The fraction of sp³-hybridized carbons (Fsp3) is 0.278. The third-order valence-corrected chi connectivity index (χ3v) is 4.35. The summed E-state index contributed by atoms with van der Waals surface area (Å²) in [6, 6.07) is 9.44. The molecule has 1 aliphatic heterocycles. The van der Waals surface area contributed by atoms with Crippen molar-refractivity contribution in [3.05, 3.63) is 59.3 Å². The van der Waals surface area contributed by atoms with Crippen molar-refractivity contribution in [2.24, 2.45) is 0 Å². The van der Waals surface area contributed by atoms with Crippen LogP contribution in [0.5, 0.6) is 0 Å². The van der Waals surface area contributed by atoms with E-state index in [1.165, 1.54) is 5.56 Å². The molecule has 1 aliphatic rings. The topological polar surface area (TPSA) is 95.8 Å². The van der Waals surface area contributed by atoms with Gasteiger partial charge in [0.05, 0.1) is 18.6 Å². The molecular weight excluding hydrogens is 318 g/mol. The lowest BCUT2D eigenvalue weighted by atomic mass is 10.1. The van der Waals surface area contributed by atoms with E-state index in [0.29, 0.717) is 18.0 Å². The fourth-order valence-corrected chi connectivity index (χ4v) is 2.96. The van der Waals surface area contributed by atoms with Gasteiger partial charge in [0.25, 0.3) is 0 Å². The van der Waals surface area contributed by atoms with Crippen LogP contribution in [0.15, 0.2) is 41.2 Å². The van der Waals surface area contributed by atoms with E-state index in [2.05, 4.69) is 25.8 Å². The summed E-state index contributed by atoms with van der Waals surface area (Å²) in [7, 11) is 0. The molecular formula is C18H19N5O2. The number of carbonyl (C=O) groups excluding carboxylic acids is 1. The standard InChI is InChI=1S/C18H19N5O2/c1-11-2-4-12(5-3-11)15-8-13(23-25-15)9-20-18(24)17-16-14(6-7-19-17)21-10-22-16/h2-5,8,10,17,19H,6-7,9H2,1H3,(H,20,24)(H,21,22)/t17-/m0/s1. The molecule has 0 radical (unpaired) electrons. The second-order valence-corrected chi connectivity index (χ2v) is 6.17. The van der Waals surface area contributed by atoms with Crippen LogP contribution in [-0.4, -0.2) is 27.6 Å². The highest BCUT2D eigenvalue weighted by molar-refractivity contribution is 5.83. The van der Waals surface area contributed by atoms with Crippen LogP contribution in [0.1, 0.15) is 28.7 Å². The van der Waals surface area contributed by atoms with Crippen molar-refractivity contribution in [2.45, 2.75) is 25.9 Å². The van der Waals surface area contributed by atoms with Gasteiger partial charge in [-0.15, -0.1) is 0 Å². The number of aromatic amines is 1. The van der Waals surface area contributed by atoms with Crippen LogP contribution in [0.4, 0.5) is 0 Å². The monoisotopic (exact) mass is 337 g/mol. The highest BCUT2D eigenvalue weighted by Gasteiger charge is 2.28. The minimum Gasteiger partial charge on any atom is -0.356 e. The van der Waals surface area contributed by atoms with Crippen molar-refractivity contribution in [1.82, 2.24) is 25.8 Å². The van der Waals surface area contributed by atoms with Gasteiger partial charge < -0.3 is 20.1 Å². The molecule has 0 fully saturated rings. The minimum absolute atomic E-state index is 0.118. The molecule has 25 heavy (non-hydrogen) atoms. The smallest absolute Gasteiger partial charge is 0.243 e. The summed E-state index contributed by atoms with van der Waals surface area (Å²) in [5.74, 6) is 0.572. The van der Waals surface area contributed by atoms with E-state index in [1.54, 1.807) is 6.33 Å². The number of benzene rings is 1. The van der Waals surface area contributed by atoms with Crippen molar-refractivity contribution in [1.29, 1.82) is 0 Å². The predicted molar refractivity (Wildman–Crippen MR) is 91.6 cm³/mol. The molecule has 3 aromatic rings. The normalized spacial score (nSPS) is 16.4. The summed E-state index contributed by atoms with van der Waals surface area (Å²) >= 11 is 0. The number of nitrogens with one attached hydrogen (secondary N) is 3. The van der Waals surface area contributed by atoms with Crippen LogP contribution in [0.25, 0.3) is 11.3 Å². The molecule has 7 heteroatoms. The number of aryl methyl sites for hydroxylation is 1. The molecule has 3 heterocycles. The summed E-state index contributed by atoms with van der Waals surface area (Å²) in [5.41, 5.74) is 4.62. The Morgan fingerprint density at radius 1 is 1.36 bits per heavy atom. The molecule has 4 rings (SSSR count). The second-order valence-electron chi connectivity index (χ2n) is 6.17. The van der Waals surface area contributed by atoms with E-state index < -0.39 is 6.04 Å². The van der Waals surface area contributed by atoms with E-state index in [-0.39, 0.29) is 5.91 Å². The van der Waals surface area contributed by atoms with Crippen LogP contribution in [-0.2, 0) is 17.8 Å².